The molecule has 0 saturated heterocycles. The highest BCUT2D eigenvalue weighted by Gasteiger charge is 2.32. The molecule has 1 fully saturated rings. The van der Waals surface area contributed by atoms with Crippen LogP contribution in [0.4, 0.5) is 0 Å². The normalized spacial score (nSPS) is 19.7. The lowest BCUT2D eigenvalue weighted by atomic mass is 9.77. The maximum Gasteiger partial charge on any atom is 0.226 e. The number of carbonyl (C=O) groups excluding carboxylic acids is 3. The Morgan fingerprint density at radius 2 is 1.61 bits per heavy atom. The van der Waals surface area contributed by atoms with Crippen molar-refractivity contribution in [3.63, 3.8) is 0 Å². The molecule has 1 aliphatic rings. The van der Waals surface area contributed by atoms with Gasteiger partial charge in [-0.15, -0.1) is 0 Å². The first-order chi connectivity index (χ1) is 13.2. The van der Waals surface area contributed by atoms with Crippen molar-refractivity contribution in [2.45, 2.75) is 77.9 Å². The Bertz CT molecular complexity index is 516. The molecule has 0 aromatic carbocycles. The van der Waals surface area contributed by atoms with Gasteiger partial charge in [0, 0.05) is 25.3 Å². The molecule has 7 heteroatoms. The molecule has 0 spiro atoms. The molecule has 1 amide bonds. The molecule has 0 aliphatic heterocycles. The summed E-state index contributed by atoms with van der Waals surface area (Å²) < 4.78 is 0. The van der Waals surface area contributed by atoms with E-state index < -0.39 is 24.0 Å². The number of aliphatic hydroxyl groups excluding tert-OH is 1. The molecule has 0 bridgehead atoms. The molecule has 0 radical (unpaired) electrons. The van der Waals surface area contributed by atoms with Crippen LogP contribution < -0.4 is 16.8 Å². The van der Waals surface area contributed by atoms with Gasteiger partial charge in [-0.2, -0.15) is 0 Å². The Morgan fingerprint density at radius 3 is 2.07 bits per heavy atom. The average molecular weight is 398 g/mol. The standard InChI is InChI=1S/C21H39N3O4/c1-13(2)20(27)19(12-23)24-21(28)18(14(3)25)10-17(26)9-16(11-22)15-7-5-4-6-8-15/h13-16,18-19,25H,4-12,22-23H2,1-3H3,(H,24,28)/t14-,16?,18-,19-/m0/s1. The smallest absolute Gasteiger partial charge is 0.226 e. The summed E-state index contributed by atoms with van der Waals surface area (Å²) in [5.74, 6) is -1.30. The van der Waals surface area contributed by atoms with Gasteiger partial charge >= 0.3 is 0 Å². The molecular weight excluding hydrogens is 358 g/mol. The average Bonchev–Trinajstić information content (AvgIpc) is 2.67. The van der Waals surface area contributed by atoms with Crippen LogP contribution in [0.2, 0.25) is 0 Å². The van der Waals surface area contributed by atoms with Gasteiger partial charge in [-0.1, -0.05) is 46.0 Å². The quantitative estimate of drug-likeness (QED) is 0.390. The van der Waals surface area contributed by atoms with Gasteiger partial charge in [0.1, 0.15) is 5.78 Å². The van der Waals surface area contributed by atoms with Crippen LogP contribution in [0.1, 0.15) is 65.7 Å². The minimum absolute atomic E-state index is 0.0137. The summed E-state index contributed by atoms with van der Waals surface area (Å²) in [5, 5.41) is 12.7. The van der Waals surface area contributed by atoms with Crippen LogP contribution in [0.15, 0.2) is 0 Å². The number of Topliss-reactive ketones (excluding diaryl/α,β-unsaturated/α-hetero) is 2. The van der Waals surface area contributed by atoms with E-state index in [1.165, 1.54) is 26.2 Å². The van der Waals surface area contributed by atoms with Gasteiger partial charge in [0.15, 0.2) is 5.78 Å². The van der Waals surface area contributed by atoms with Crippen molar-refractivity contribution in [2.75, 3.05) is 13.1 Å². The first-order valence-electron chi connectivity index (χ1n) is 10.6. The summed E-state index contributed by atoms with van der Waals surface area (Å²) in [6.45, 7) is 5.41. The zero-order chi connectivity index (χ0) is 21.3. The second-order valence-corrected chi connectivity index (χ2v) is 8.54. The minimum atomic E-state index is -0.998. The van der Waals surface area contributed by atoms with Crippen molar-refractivity contribution in [1.29, 1.82) is 0 Å². The van der Waals surface area contributed by atoms with Crippen LogP contribution in [-0.2, 0) is 14.4 Å². The summed E-state index contributed by atoms with van der Waals surface area (Å²) in [4.78, 5) is 37.4. The Kier molecular flexibility index (Phi) is 10.9. The number of rotatable bonds is 12. The summed E-state index contributed by atoms with van der Waals surface area (Å²) >= 11 is 0. The van der Waals surface area contributed by atoms with E-state index in [1.54, 1.807) is 13.8 Å². The monoisotopic (exact) mass is 397 g/mol. The molecule has 0 aromatic heterocycles. The zero-order valence-electron chi connectivity index (χ0n) is 17.7. The number of ketones is 2. The molecule has 1 saturated carbocycles. The maximum atomic E-state index is 12.6. The molecule has 1 aliphatic carbocycles. The van der Waals surface area contributed by atoms with Crippen molar-refractivity contribution in [2.24, 2.45) is 35.1 Å². The number of hydrogen-bond acceptors (Lipinski definition) is 6. The van der Waals surface area contributed by atoms with Gasteiger partial charge < -0.3 is 21.9 Å². The molecule has 4 atom stereocenters. The zero-order valence-corrected chi connectivity index (χ0v) is 17.7. The van der Waals surface area contributed by atoms with Crippen molar-refractivity contribution in [3.05, 3.63) is 0 Å². The van der Waals surface area contributed by atoms with Crippen LogP contribution in [0.25, 0.3) is 0 Å². The van der Waals surface area contributed by atoms with Crippen molar-refractivity contribution in [3.8, 4) is 0 Å². The summed E-state index contributed by atoms with van der Waals surface area (Å²) in [6.07, 6.45) is 5.08. The highest BCUT2D eigenvalue weighted by molar-refractivity contribution is 5.93. The van der Waals surface area contributed by atoms with E-state index in [9.17, 15) is 19.5 Å². The number of nitrogens with two attached hydrogens (primary N) is 2. The second-order valence-electron chi connectivity index (χ2n) is 8.54. The maximum absolute atomic E-state index is 12.6. The first kappa shape index (κ1) is 24.7. The third kappa shape index (κ3) is 7.60. The van der Waals surface area contributed by atoms with Crippen LogP contribution in [-0.4, -0.2) is 47.8 Å². The van der Waals surface area contributed by atoms with Crippen molar-refractivity contribution < 1.29 is 19.5 Å². The fourth-order valence-corrected chi connectivity index (χ4v) is 4.08. The third-order valence-corrected chi connectivity index (χ3v) is 5.94. The van der Waals surface area contributed by atoms with Gasteiger partial charge in [-0.25, -0.2) is 0 Å². The predicted molar refractivity (Wildman–Crippen MR) is 109 cm³/mol. The van der Waals surface area contributed by atoms with Gasteiger partial charge in [0.2, 0.25) is 5.91 Å². The lowest BCUT2D eigenvalue weighted by Gasteiger charge is -2.29. The molecule has 28 heavy (non-hydrogen) atoms. The third-order valence-electron chi connectivity index (χ3n) is 5.94. The van der Waals surface area contributed by atoms with E-state index in [0.717, 1.165) is 12.8 Å². The SMILES string of the molecule is CC(C)C(=O)[C@H](CN)NC(=O)[C@@H](CC(=O)CC(CN)C1CCCCC1)[C@H](C)O. The summed E-state index contributed by atoms with van der Waals surface area (Å²) in [5.41, 5.74) is 11.5. The molecule has 6 N–H and O–H groups in total. The molecule has 0 heterocycles. The predicted octanol–water partition coefficient (Wildman–Crippen LogP) is 1.16. The van der Waals surface area contributed by atoms with Crippen LogP contribution >= 0.6 is 0 Å². The van der Waals surface area contributed by atoms with E-state index in [-0.39, 0.29) is 36.4 Å². The Hall–Kier alpha value is -1.31. The van der Waals surface area contributed by atoms with Gasteiger partial charge in [0.05, 0.1) is 18.1 Å². The number of hydrogen-bond donors (Lipinski definition) is 4. The van der Waals surface area contributed by atoms with Crippen LogP contribution in [0.3, 0.4) is 0 Å². The van der Waals surface area contributed by atoms with Gasteiger partial charge in [-0.3, -0.25) is 14.4 Å². The summed E-state index contributed by atoms with van der Waals surface area (Å²) in [7, 11) is 0. The topological polar surface area (TPSA) is 136 Å². The Labute approximate surface area is 169 Å². The largest absolute Gasteiger partial charge is 0.393 e. The van der Waals surface area contributed by atoms with Crippen molar-refractivity contribution >= 4 is 17.5 Å². The number of carbonyl (C=O) groups is 3. The van der Waals surface area contributed by atoms with Crippen LogP contribution in [0, 0.1) is 23.7 Å². The molecule has 0 aromatic rings. The first-order valence-corrected chi connectivity index (χ1v) is 10.6. The fraction of sp³-hybridized carbons (Fsp3) is 0.857. The lowest BCUT2D eigenvalue weighted by Crippen LogP contribution is -2.51. The molecule has 1 rings (SSSR count). The van der Waals surface area contributed by atoms with E-state index in [1.807, 2.05) is 0 Å². The lowest BCUT2D eigenvalue weighted by molar-refractivity contribution is -0.136. The minimum Gasteiger partial charge on any atom is -0.393 e. The molecule has 162 valence electrons. The van der Waals surface area contributed by atoms with Crippen LogP contribution in [0.5, 0.6) is 0 Å². The van der Waals surface area contributed by atoms with Crippen molar-refractivity contribution in [1.82, 2.24) is 5.32 Å². The molecule has 7 nitrogen and oxygen atoms in total. The fourth-order valence-electron chi connectivity index (χ4n) is 4.08. The second kappa shape index (κ2) is 12.3. The van der Waals surface area contributed by atoms with Gasteiger partial charge in [-0.05, 0) is 25.3 Å². The highest BCUT2D eigenvalue weighted by Crippen LogP contribution is 2.32. The Morgan fingerprint density at radius 1 is 1.00 bits per heavy atom. The van der Waals surface area contributed by atoms with E-state index in [2.05, 4.69) is 5.32 Å². The number of amides is 1. The van der Waals surface area contributed by atoms with E-state index in [4.69, 9.17) is 11.5 Å². The molecular formula is C21H39N3O4. The van der Waals surface area contributed by atoms with E-state index in [0.29, 0.717) is 18.9 Å². The summed E-state index contributed by atoms with van der Waals surface area (Å²) in [6, 6.07) is -0.803. The molecule has 1 unspecified atom stereocenters. The van der Waals surface area contributed by atoms with Gasteiger partial charge in [0.25, 0.3) is 0 Å². The highest BCUT2D eigenvalue weighted by atomic mass is 16.3. The number of aliphatic hydroxyl groups is 1. The van der Waals surface area contributed by atoms with E-state index >= 15 is 0 Å². The Balaban J connectivity index is 2.70. The number of nitrogens with one attached hydrogen (secondary N) is 1.